The number of nitriles is 1. The van der Waals surface area contributed by atoms with Gasteiger partial charge in [-0.05, 0) is 87.3 Å². The average molecular weight is 459 g/mol. The second kappa shape index (κ2) is 9.24. The minimum absolute atomic E-state index is 0.0584. The maximum absolute atomic E-state index is 9.29. The minimum atomic E-state index is -0.0584. The molecule has 1 atom stereocenters. The Balaban J connectivity index is 1.66. The molecule has 2 aliphatic heterocycles. The number of methoxy groups -OCH3 is 1. The zero-order chi connectivity index (χ0) is 22.8. The van der Waals surface area contributed by atoms with Crippen LogP contribution >= 0.6 is 12.2 Å². The predicted molar refractivity (Wildman–Crippen MR) is 136 cm³/mol. The fourth-order valence-corrected chi connectivity index (χ4v) is 6.35. The Labute approximate surface area is 201 Å². The van der Waals surface area contributed by atoms with Crippen molar-refractivity contribution in [1.82, 2.24) is 4.90 Å². The van der Waals surface area contributed by atoms with Crippen LogP contribution in [0.3, 0.4) is 0 Å². The molecule has 5 nitrogen and oxygen atoms in total. The van der Waals surface area contributed by atoms with Crippen LogP contribution in [-0.4, -0.2) is 42.0 Å². The first-order valence-corrected chi connectivity index (χ1v) is 12.4. The molecule has 1 aliphatic carbocycles. The highest BCUT2D eigenvalue weighted by Gasteiger charge is 2.57. The van der Waals surface area contributed by atoms with E-state index in [1.807, 2.05) is 48.5 Å². The normalized spacial score (nSPS) is 23.9. The molecule has 6 heteroatoms. The summed E-state index contributed by atoms with van der Waals surface area (Å²) in [5.41, 5.74) is 2.50. The van der Waals surface area contributed by atoms with Gasteiger partial charge in [-0.2, -0.15) is 5.26 Å². The molecule has 1 saturated carbocycles. The molecule has 2 heterocycles. The van der Waals surface area contributed by atoms with E-state index in [-0.39, 0.29) is 11.5 Å². The van der Waals surface area contributed by atoms with Gasteiger partial charge >= 0.3 is 0 Å². The summed E-state index contributed by atoms with van der Waals surface area (Å²) in [6, 6.07) is 18.1. The van der Waals surface area contributed by atoms with Crippen LogP contribution in [0.4, 0.5) is 11.4 Å². The van der Waals surface area contributed by atoms with Gasteiger partial charge in [0.1, 0.15) is 11.6 Å². The Bertz CT molecular complexity index is 1070. The lowest BCUT2D eigenvalue weighted by Crippen LogP contribution is -2.49. The van der Waals surface area contributed by atoms with E-state index >= 15 is 0 Å². The maximum Gasteiger partial charge on any atom is 0.133 e. The van der Waals surface area contributed by atoms with Crippen molar-refractivity contribution in [3.8, 4) is 11.8 Å². The molecule has 0 N–H and O–H groups in total. The third-order valence-corrected chi connectivity index (χ3v) is 8.04. The number of rotatable bonds is 4. The SMILES string of the molecule is COc1ccc(N=C2C(N3CCCC3)C3(CCCCC3)C(=S)N2c2ccc(C#N)cc2)cc1. The highest BCUT2D eigenvalue weighted by Crippen LogP contribution is 2.50. The average Bonchev–Trinajstić information content (AvgIpc) is 3.46. The highest BCUT2D eigenvalue weighted by atomic mass is 32.1. The monoisotopic (exact) mass is 458 g/mol. The van der Waals surface area contributed by atoms with Gasteiger partial charge in [-0.15, -0.1) is 0 Å². The van der Waals surface area contributed by atoms with Gasteiger partial charge in [0.2, 0.25) is 0 Å². The van der Waals surface area contributed by atoms with Gasteiger partial charge in [-0.1, -0.05) is 31.5 Å². The smallest absolute Gasteiger partial charge is 0.133 e. The van der Waals surface area contributed by atoms with Crippen molar-refractivity contribution in [2.24, 2.45) is 10.4 Å². The van der Waals surface area contributed by atoms with Gasteiger partial charge in [0.05, 0.1) is 35.5 Å². The number of anilines is 1. The quantitative estimate of drug-likeness (QED) is 0.537. The number of likely N-dealkylation sites (tertiary alicyclic amines) is 1. The molecule has 0 radical (unpaired) electrons. The third-order valence-electron chi connectivity index (χ3n) is 7.45. The number of amidine groups is 1. The Hall–Kier alpha value is -2.75. The predicted octanol–water partition coefficient (Wildman–Crippen LogP) is 5.86. The zero-order valence-electron chi connectivity index (χ0n) is 19.2. The maximum atomic E-state index is 9.29. The zero-order valence-corrected chi connectivity index (χ0v) is 20.0. The first kappa shape index (κ1) is 22.1. The summed E-state index contributed by atoms with van der Waals surface area (Å²) in [7, 11) is 1.68. The number of benzene rings is 2. The van der Waals surface area contributed by atoms with Crippen molar-refractivity contribution in [1.29, 1.82) is 5.26 Å². The topological polar surface area (TPSA) is 51.9 Å². The molecule has 0 bridgehead atoms. The fraction of sp³-hybridized carbons (Fsp3) is 0.444. The molecule has 2 aromatic carbocycles. The lowest BCUT2D eigenvalue weighted by atomic mass is 9.70. The largest absolute Gasteiger partial charge is 0.497 e. The highest BCUT2D eigenvalue weighted by molar-refractivity contribution is 7.80. The lowest BCUT2D eigenvalue weighted by molar-refractivity contribution is 0.155. The number of hydrogen-bond acceptors (Lipinski definition) is 5. The van der Waals surface area contributed by atoms with E-state index in [4.69, 9.17) is 21.9 Å². The summed E-state index contributed by atoms with van der Waals surface area (Å²) < 4.78 is 5.35. The number of aliphatic imine (C=N–C) groups is 1. The van der Waals surface area contributed by atoms with E-state index in [0.29, 0.717) is 5.56 Å². The molecule has 33 heavy (non-hydrogen) atoms. The molecule has 2 aromatic rings. The number of thiocarbonyl (C=S) groups is 1. The van der Waals surface area contributed by atoms with Gasteiger partial charge < -0.3 is 4.74 Å². The van der Waals surface area contributed by atoms with Crippen LogP contribution in [-0.2, 0) is 0 Å². The third kappa shape index (κ3) is 3.94. The molecular formula is C27H30N4OS. The molecule has 170 valence electrons. The summed E-state index contributed by atoms with van der Waals surface area (Å²) in [4.78, 5) is 11.1. The van der Waals surface area contributed by atoms with Crippen LogP contribution in [0, 0.1) is 16.7 Å². The standard InChI is InChI=1S/C27H30N4OS/c1-32-23-13-9-21(10-14-23)29-25-24(30-17-5-6-18-30)27(15-3-2-4-16-27)26(33)31(25)22-11-7-20(19-28)8-12-22/h7-14,24H,2-6,15-18H2,1H3. The number of ether oxygens (including phenoxy) is 1. The van der Waals surface area contributed by atoms with Gasteiger partial charge in [-0.25, -0.2) is 4.99 Å². The van der Waals surface area contributed by atoms with Crippen LogP contribution in [0.25, 0.3) is 0 Å². The van der Waals surface area contributed by atoms with Crippen LogP contribution in [0.5, 0.6) is 5.75 Å². The van der Waals surface area contributed by atoms with Crippen molar-refractivity contribution in [3.63, 3.8) is 0 Å². The first-order chi connectivity index (χ1) is 16.2. The first-order valence-electron chi connectivity index (χ1n) is 12.0. The fourth-order valence-electron chi connectivity index (χ4n) is 5.83. The van der Waals surface area contributed by atoms with E-state index in [9.17, 15) is 5.26 Å². The van der Waals surface area contributed by atoms with Crippen molar-refractivity contribution >= 4 is 34.4 Å². The summed E-state index contributed by atoms with van der Waals surface area (Å²) in [6.45, 7) is 2.19. The Morgan fingerprint density at radius 1 is 0.970 bits per heavy atom. The van der Waals surface area contributed by atoms with Crippen molar-refractivity contribution in [2.75, 3.05) is 25.1 Å². The minimum Gasteiger partial charge on any atom is -0.497 e. The second-order valence-electron chi connectivity index (χ2n) is 9.33. The molecule has 0 aromatic heterocycles. The molecule has 3 fully saturated rings. The van der Waals surface area contributed by atoms with E-state index in [1.54, 1.807) is 7.11 Å². The van der Waals surface area contributed by atoms with Crippen molar-refractivity contribution in [2.45, 2.75) is 51.0 Å². The van der Waals surface area contributed by atoms with Gasteiger partial charge in [0, 0.05) is 11.1 Å². The van der Waals surface area contributed by atoms with Crippen LogP contribution in [0.1, 0.15) is 50.5 Å². The van der Waals surface area contributed by atoms with E-state index in [1.165, 1.54) is 32.1 Å². The van der Waals surface area contributed by atoms with Crippen molar-refractivity contribution < 1.29 is 4.74 Å². The molecule has 5 rings (SSSR count). The second-order valence-corrected chi connectivity index (χ2v) is 9.72. The summed E-state index contributed by atoms with van der Waals surface area (Å²) >= 11 is 6.29. The molecule has 0 amide bonds. The van der Waals surface area contributed by atoms with E-state index in [2.05, 4.69) is 15.9 Å². The molecule has 3 aliphatic rings. The Morgan fingerprint density at radius 2 is 1.64 bits per heavy atom. The van der Waals surface area contributed by atoms with Crippen LogP contribution in [0.15, 0.2) is 53.5 Å². The summed E-state index contributed by atoms with van der Waals surface area (Å²) in [6.07, 6.45) is 8.38. The van der Waals surface area contributed by atoms with Gasteiger partial charge in [0.25, 0.3) is 0 Å². The van der Waals surface area contributed by atoms with Crippen LogP contribution in [0.2, 0.25) is 0 Å². The Kier molecular flexibility index (Phi) is 6.18. The molecule has 1 unspecified atom stereocenters. The van der Waals surface area contributed by atoms with Gasteiger partial charge in [-0.3, -0.25) is 9.80 Å². The molecular weight excluding hydrogens is 428 g/mol. The van der Waals surface area contributed by atoms with E-state index in [0.717, 1.165) is 53.9 Å². The van der Waals surface area contributed by atoms with Gasteiger partial charge in [0.15, 0.2) is 0 Å². The van der Waals surface area contributed by atoms with Crippen LogP contribution < -0.4 is 9.64 Å². The van der Waals surface area contributed by atoms with Crippen molar-refractivity contribution in [3.05, 3.63) is 54.1 Å². The lowest BCUT2D eigenvalue weighted by Gasteiger charge is -2.41. The summed E-state index contributed by atoms with van der Waals surface area (Å²) in [5, 5.41) is 9.29. The van der Waals surface area contributed by atoms with E-state index < -0.39 is 0 Å². The Morgan fingerprint density at radius 3 is 2.24 bits per heavy atom. The number of nitrogens with zero attached hydrogens (tertiary/aromatic N) is 4. The summed E-state index contributed by atoms with van der Waals surface area (Å²) in [5.74, 6) is 1.85. The molecule has 1 spiro atoms. The molecule has 2 saturated heterocycles. The number of hydrogen-bond donors (Lipinski definition) is 0.